The van der Waals surface area contributed by atoms with Crippen LogP contribution in [0, 0.1) is 6.92 Å². The summed E-state index contributed by atoms with van der Waals surface area (Å²) in [6.45, 7) is 4.00. The molecular formula is C17H18N4OS. The molecule has 4 heterocycles. The highest BCUT2D eigenvalue weighted by Gasteiger charge is 2.26. The van der Waals surface area contributed by atoms with Crippen molar-refractivity contribution in [3.63, 3.8) is 0 Å². The van der Waals surface area contributed by atoms with Crippen molar-refractivity contribution < 1.29 is 4.52 Å². The second-order valence-corrected chi connectivity index (χ2v) is 6.84. The van der Waals surface area contributed by atoms with E-state index in [2.05, 4.69) is 39.1 Å². The third-order valence-electron chi connectivity index (χ3n) is 4.25. The van der Waals surface area contributed by atoms with Gasteiger partial charge in [0.2, 0.25) is 11.7 Å². The van der Waals surface area contributed by atoms with Gasteiger partial charge in [-0.25, -0.2) is 4.98 Å². The number of pyridine rings is 1. The van der Waals surface area contributed by atoms with Gasteiger partial charge in [0.1, 0.15) is 5.82 Å². The molecule has 0 aromatic carbocycles. The lowest BCUT2D eigenvalue weighted by Gasteiger charge is -2.31. The molecule has 1 fully saturated rings. The third-order valence-corrected chi connectivity index (χ3v) is 5.11. The lowest BCUT2D eigenvalue weighted by molar-refractivity contribution is 0.329. The van der Waals surface area contributed by atoms with E-state index in [4.69, 9.17) is 4.52 Å². The third kappa shape index (κ3) is 2.99. The van der Waals surface area contributed by atoms with Gasteiger partial charge in [0.15, 0.2) is 0 Å². The van der Waals surface area contributed by atoms with E-state index in [0.717, 1.165) is 42.5 Å². The summed E-state index contributed by atoms with van der Waals surface area (Å²) in [5.74, 6) is 2.87. The molecule has 5 nitrogen and oxygen atoms in total. The van der Waals surface area contributed by atoms with E-state index < -0.39 is 0 Å². The molecule has 4 rings (SSSR count). The molecule has 0 radical (unpaired) electrons. The first kappa shape index (κ1) is 14.4. The van der Waals surface area contributed by atoms with Crippen molar-refractivity contribution >= 4 is 17.2 Å². The maximum absolute atomic E-state index is 5.50. The highest BCUT2D eigenvalue weighted by molar-refractivity contribution is 7.13. The van der Waals surface area contributed by atoms with E-state index in [-0.39, 0.29) is 0 Å². The van der Waals surface area contributed by atoms with Gasteiger partial charge in [0, 0.05) is 25.2 Å². The minimum atomic E-state index is 0.345. The first-order valence-electron chi connectivity index (χ1n) is 7.85. The Hall–Kier alpha value is -2.21. The molecule has 1 aliphatic rings. The molecule has 0 spiro atoms. The summed E-state index contributed by atoms with van der Waals surface area (Å²) in [7, 11) is 0. The largest absolute Gasteiger partial charge is 0.357 e. The molecule has 3 aromatic rings. The van der Waals surface area contributed by atoms with Gasteiger partial charge in [-0.2, -0.15) is 4.98 Å². The van der Waals surface area contributed by atoms with Crippen LogP contribution in [-0.4, -0.2) is 28.2 Å². The number of aromatic nitrogens is 3. The number of piperidine rings is 1. The number of hydrogen-bond donors (Lipinski definition) is 0. The zero-order valence-corrected chi connectivity index (χ0v) is 13.8. The van der Waals surface area contributed by atoms with Crippen molar-refractivity contribution in [2.45, 2.75) is 25.7 Å². The normalized spacial score (nSPS) is 16.0. The number of aryl methyl sites for hydroxylation is 1. The van der Waals surface area contributed by atoms with Crippen LogP contribution >= 0.6 is 11.3 Å². The van der Waals surface area contributed by atoms with Crippen molar-refractivity contribution in [2.24, 2.45) is 0 Å². The van der Waals surface area contributed by atoms with Crippen LogP contribution in [0.5, 0.6) is 0 Å². The predicted octanol–water partition coefficient (Wildman–Crippen LogP) is 3.89. The summed E-state index contributed by atoms with van der Waals surface area (Å²) in [6, 6.07) is 8.23. The van der Waals surface area contributed by atoms with Gasteiger partial charge >= 0.3 is 0 Å². The minimum absolute atomic E-state index is 0.345. The number of anilines is 1. The minimum Gasteiger partial charge on any atom is -0.357 e. The first-order chi connectivity index (χ1) is 11.3. The lowest BCUT2D eigenvalue weighted by atomic mass is 9.97. The smallest absolute Gasteiger partial charge is 0.230 e. The maximum Gasteiger partial charge on any atom is 0.230 e. The SMILES string of the molecule is Cc1ccc(N2CCC(c3nc(-c4cccs4)no3)CC2)nc1. The lowest BCUT2D eigenvalue weighted by Crippen LogP contribution is -2.33. The molecule has 0 aliphatic carbocycles. The van der Waals surface area contributed by atoms with E-state index >= 15 is 0 Å². The van der Waals surface area contributed by atoms with Crippen LogP contribution in [0.15, 0.2) is 40.4 Å². The van der Waals surface area contributed by atoms with Crippen LogP contribution in [-0.2, 0) is 0 Å². The maximum atomic E-state index is 5.50. The molecule has 0 bridgehead atoms. The van der Waals surface area contributed by atoms with Gasteiger partial charge in [-0.1, -0.05) is 17.3 Å². The molecule has 1 saturated heterocycles. The molecule has 0 N–H and O–H groups in total. The summed E-state index contributed by atoms with van der Waals surface area (Å²) in [5, 5.41) is 6.15. The van der Waals surface area contributed by atoms with Gasteiger partial charge in [0.05, 0.1) is 4.88 Å². The Morgan fingerprint density at radius 3 is 2.78 bits per heavy atom. The van der Waals surface area contributed by atoms with Crippen molar-refractivity contribution in [1.82, 2.24) is 15.1 Å². The van der Waals surface area contributed by atoms with E-state index in [0.29, 0.717) is 11.7 Å². The van der Waals surface area contributed by atoms with E-state index in [9.17, 15) is 0 Å². The van der Waals surface area contributed by atoms with Gasteiger partial charge in [-0.05, 0) is 42.8 Å². The van der Waals surface area contributed by atoms with Crippen LogP contribution in [0.25, 0.3) is 10.7 Å². The second-order valence-electron chi connectivity index (χ2n) is 5.89. The Kier molecular flexibility index (Phi) is 3.83. The summed E-state index contributed by atoms with van der Waals surface area (Å²) in [6.07, 6.45) is 3.95. The zero-order valence-electron chi connectivity index (χ0n) is 13.0. The standard InChI is InChI=1S/C17H18N4OS/c1-12-4-5-15(18-11-12)21-8-6-13(7-9-21)17-19-16(20-22-17)14-3-2-10-23-14/h2-5,10-11,13H,6-9H2,1H3. The monoisotopic (exact) mass is 326 g/mol. The van der Waals surface area contributed by atoms with E-state index in [1.807, 2.05) is 23.7 Å². The number of hydrogen-bond acceptors (Lipinski definition) is 6. The number of rotatable bonds is 3. The molecule has 6 heteroatoms. The molecule has 1 aliphatic heterocycles. The van der Waals surface area contributed by atoms with Crippen molar-refractivity contribution in [1.29, 1.82) is 0 Å². The van der Waals surface area contributed by atoms with Crippen LogP contribution in [0.2, 0.25) is 0 Å². The van der Waals surface area contributed by atoms with Crippen LogP contribution in [0.3, 0.4) is 0 Å². The first-order valence-corrected chi connectivity index (χ1v) is 8.72. The Morgan fingerprint density at radius 1 is 1.22 bits per heavy atom. The van der Waals surface area contributed by atoms with Crippen LogP contribution < -0.4 is 4.90 Å². The Bertz CT molecular complexity index is 758. The van der Waals surface area contributed by atoms with Crippen LogP contribution in [0.4, 0.5) is 5.82 Å². The highest BCUT2D eigenvalue weighted by atomic mass is 32.1. The molecule has 0 atom stereocenters. The molecule has 3 aromatic heterocycles. The van der Waals surface area contributed by atoms with Crippen molar-refractivity contribution in [3.05, 3.63) is 47.3 Å². The summed E-state index contributed by atoms with van der Waals surface area (Å²) in [5.41, 5.74) is 1.19. The number of thiophene rings is 1. The molecule has 23 heavy (non-hydrogen) atoms. The summed E-state index contributed by atoms with van der Waals surface area (Å²) < 4.78 is 5.50. The average Bonchev–Trinajstić information content (AvgIpc) is 3.27. The number of nitrogens with zero attached hydrogens (tertiary/aromatic N) is 4. The quantitative estimate of drug-likeness (QED) is 0.731. The Morgan fingerprint density at radius 2 is 2.09 bits per heavy atom. The fourth-order valence-corrected chi connectivity index (χ4v) is 3.56. The van der Waals surface area contributed by atoms with Crippen molar-refractivity contribution in [2.75, 3.05) is 18.0 Å². The second kappa shape index (κ2) is 6.12. The van der Waals surface area contributed by atoms with Gasteiger partial charge < -0.3 is 9.42 Å². The molecule has 0 unspecified atom stereocenters. The predicted molar refractivity (Wildman–Crippen MR) is 90.8 cm³/mol. The van der Waals surface area contributed by atoms with E-state index in [1.165, 1.54) is 5.56 Å². The summed E-state index contributed by atoms with van der Waals surface area (Å²) >= 11 is 1.63. The fraction of sp³-hybridized carbons (Fsp3) is 0.353. The molecule has 0 saturated carbocycles. The van der Waals surface area contributed by atoms with Gasteiger partial charge in [-0.3, -0.25) is 0 Å². The zero-order chi connectivity index (χ0) is 15.6. The van der Waals surface area contributed by atoms with Gasteiger partial charge in [-0.15, -0.1) is 11.3 Å². The Balaban J connectivity index is 1.42. The average molecular weight is 326 g/mol. The van der Waals surface area contributed by atoms with Crippen molar-refractivity contribution in [3.8, 4) is 10.7 Å². The molecule has 118 valence electrons. The van der Waals surface area contributed by atoms with Crippen LogP contribution in [0.1, 0.15) is 30.2 Å². The van der Waals surface area contributed by atoms with E-state index in [1.54, 1.807) is 11.3 Å². The molecular weight excluding hydrogens is 308 g/mol. The topological polar surface area (TPSA) is 55.1 Å². The highest BCUT2D eigenvalue weighted by Crippen LogP contribution is 2.31. The fourth-order valence-electron chi connectivity index (χ4n) is 2.91. The Labute approximate surface area is 139 Å². The molecule has 0 amide bonds. The summed E-state index contributed by atoms with van der Waals surface area (Å²) in [4.78, 5) is 12.5. The van der Waals surface area contributed by atoms with Gasteiger partial charge in [0.25, 0.3) is 0 Å².